The quantitative estimate of drug-likeness (QED) is 0.610. The number of hydrogen-bond acceptors (Lipinski definition) is 4. The van der Waals surface area contributed by atoms with Gasteiger partial charge in [-0.3, -0.25) is 9.59 Å². The highest BCUT2D eigenvalue weighted by atomic mass is 35.5. The van der Waals surface area contributed by atoms with Gasteiger partial charge in [-0.15, -0.1) is 0 Å². The zero-order valence-corrected chi connectivity index (χ0v) is 17.7. The van der Waals surface area contributed by atoms with Gasteiger partial charge >= 0.3 is 0 Å². The van der Waals surface area contributed by atoms with Crippen molar-refractivity contribution in [3.05, 3.63) is 69.2 Å². The number of anilines is 1. The topological polar surface area (TPSA) is 54.8 Å². The Morgan fingerprint density at radius 1 is 1.10 bits per heavy atom. The second kappa shape index (κ2) is 7.57. The summed E-state index contributed by atoms with van der Waals surface area (Å²) in [4.78, 5) is 30.3. The number of rotatable bonds is 2. The Balaban J connectivity index is 1.45. The fourth-order valence-electron chi connectivity index (χ4n) is 4.37. The van der Waals surface area contributed by atoms with E-state index in [2.05, 4.69) is 4.90 Å². The summed E-state index contributed by atoms with van der Waals surface area (Å²) < 4.78 is 20.9. The smallest absolute Gasteiger partial charge is 0.259 e. The maximum Gasteiger partial charge on any atom is 0.259 e. The molecular formula is C23H21ClFN3O3. The second-order valence-electron chi connectivity index (χ2n) is 7.98. The molecule has 3 heterocycles. The van der Waals surface area contributed by atoms with Gasteiger partial charge in [0.25, 0.3) is 5.91 Å². The van der Waals surface area contributed by atoms with Gasteiger partial charge in [0.2, 0.25) is 5.43 Å². The lowest BCUT2D eigenvalue weighted by Gasteiger charge is -2.36. The minimum absolute atomic E-state index is 0.0819. The molecule has 0 saturated carbocycles. The molecule has 1 atom stereocenters. The Labute approximate surface area is 183 Å². The molecule has 5 rings (SSSR count). The Kier molecular flexibility index (Phi) is 4.85. The molecule has 6 nitrogen and oxygen atoms in total. The van der Waals surface area contributed by atoms with Gasteiger partial charge in [-0.1, -0.05) is 11.6 Å². The summed E-state index contributed by atoms with van der Waals surface area (Å²) in [5.74, 6) is 0.0250. The van der Waals surface area contributed by atoms with Crippen LogP contribution in [-0.4, -0.2) is 47.7 Å². The molecule has 2 aliphatic rings. The average Bonchev–Trinajstić information content (AvgIpc) is 2.77. The lowest BCUT2D eigenvalue weighted by Crippen LogP contribution is -2.49. The molecule has 0 N–H and O–H groups in total. The number of carbonyl (C=O) groups is 1. The van der Waals surface area contributed by atoms with Crippen LogP contribution in [0.25, 0.3) is 10.9 Å². The highest BCUT2D eigenvalue weighted by Gasteiger charge is 2.28. The zero-order chi connectivity index (χ0) is 21.7. The van der Waals surface area contributed by atoms with Crippen molar-refractivity contribution in [2.45, 2.75) is 19.6 Å². The van der Waals surface area contributed by atoms with Crippen LogP contribution in [0.3, 0.4) is 0 Å². The summed E-state index contributed by atoms with van der Waals surface area (Å²) in [6, 6.07) is 9.71. The van der Waals surface area contributed by atoms with E-state index in [0.29, 0.717) is 54.4 Å². The van der Waals surface area contributed by atoms with Crippen LogP contribution in [0.5, 0.6) is 5.75 Å². The Morgan fingerprint density at radius 3 is 2.52 bits per heavy atom. The van der Waals surface area contributed by atoms with E-state index in [1.165, 1.54) is 12.1 Å². The van der Waals surface area contributed by atoms with Crippen LogP contribution in [0.1, 0.15) is 17.3 Å². The number of aromatic nitrogens is 1. The van der Waals surface area contributed by atoms with Crippen LogP contribution in [0.15, 0.2) is 47.4 Å². The van der Waals surface area contributed by atoms with Crippen LogP contribution in [0.2, 0.25) is 5.02 Å². The van der Waals surface area contributed by atoms with Crippen molar-refractivity contribution in [3.63, 3.8) is 0 Å². The summed E-state index contributed by atoms with van der Waals surface area (Å²) in [6.45, 7) is 4.63. The molecular weight excluding hydrogens is 421 g/mol. The monoisotopic (exact) mass is 441 g/mol. The van der Waals surface area contributed by atoms with Crippen LogP contribution in [0.4, 0.5) is 10.1 Å². The number of carbonyl (C=O) groups excluding carboxylic acids is 1. The van der Waals surface area contributed by atoms with Crippen LogP contribution >= 0.6 is 11.6 Å². The number of pyridine rings is 1. The van der Waals surface area contributed by atoms with Gasteiger partial charge in [-0.05, 0) is 43.3 Å². The highest BCUT2D eigenvalue weighted by Crippen LogP contribution is 2.33. The number of nitrogens with zero attached hydrogens (tertiary/aromatic N) is 3. The molecule has 0 radical (unpaired) electrons. The molecule has 1 aromatic heterocycles. The molecule has 0 bridgehead atoms. The van der Waals surface area contributed by atoms with Crippen LogP contribution in [0, 0.1) is 5.82 Å². The van der Waals surface area contributed by atoms with Gasteiger partial charge < -0.3 is 19.1 Å². The Morgan fingerprint density at radius 2 is 1.81 bits per heavy atom. The standard InChI is InChI=1S/C23H21ClFN3O3/c1-14-12-28-13-17(22(29)20-18(24)6-7-19(31-14)21(20)28)23(30)27-10-8-26(9-11-27)16-4-2-15(25)3-5-16/h2-7,13-14H,8-12H2,1H3/t14-/m0/s1. The van der Waals surface area contributed by atoms with E-state index in [1.807, 2.05) is 11.5 Å². The molecule has 160 valence electrons. The first-order chi connectivity index (χ1) is 14.9. The number of amides is 1. The van der Waals surface area contributed by atoms with Crippen molar-refractivity contribution < 1.29 is 13.9 Å². The van der Waals surface area contributed by atoms with E-state index in [1.54, 1.807) is 35.4 Å². The third-order valence-electron chi connectivity index (χ3n) is 5.90. The molecule has 0 aliphatic carbocycles. The first kappa shape index (κ1) is 19.9. The molecule has 1 saturated heterocycles. The molecule has 8 heteroatoms. The van der Waals surface area contributed by atoms with Crippen molar-refractivity contribution in [3.8, 4) is 5.75 Å². The fourth-order valence-corrected chi connectivity index (χ4v) is 4.61. The van der Waals surface area contributed by atoms with E-state index in [9.17, 15) is 14.0 Å². The Bertz CT molecular complexity index is 1230. The zero-order valence-electron chi connectivity index (χ0n) is 17.0. The first-order valence-electron chi connectivity index (χ1n) is 10.2. The molecule has 0 spiro atoms. The molecule has 0 unspecified atom stereocenters. The minimum Gasteiger partial charge on any atom is -0.487 e. The summed E-state index contributed by atoms with van der Waals surface area (Å²) >= 11 is 6.36. The fraction of sp³-hybridized carbons (Fsp3) is 0.304. The van der Waals surface area contributed by atoms with Crippen molar-refractivity contribution in [1.82, 2.24) is 9.47 Å². The Hall–Kier alpha value is -3.06. The summed E-state index contributed by atoms with van der Waals surface area (Å²) in [7, 11) is 0. The number of halogens is 2. The van der Waals surface area contributed by atoms with Crippen molar-refractivity contribution in [1.29, 1.82) is 0 Å². The van der Waals surface area contributed by atoms with Crippen LogP contribution in [-0.2, 0) is 6.54 Å². The van der Waals surface area contributed by atoms with Crippen LogP contribution < -0.4 is 15.1 Å². The lowest BCUT2D eigenvalue weighted by atomic mass is 10.1. The summed E-state index contributed by atoms with van der Waals surface area (Å²) in [6.07, 6.45) is 1.56. The molecule has 1 fully saturated rings. The van der Waals surface area contributed by atoms with Gasteiger partial charge in [0.1, 0.15) is 23.2 Å². The first-order valence-corrected chi connectivity index (χ1v) is 10.6. The number of hydrogen-bond donors (Lipinski definition) is 0. The molecule has 3 aromatic rings. The molecule has 2 aromatic carbocycles. The van der Waals surface area contributed by atoms with Gasteiger partial charge in [0.05, 0.1) is 22.5 Å². The largest absolute Gasteiger partial charge is 0.487 e. The average molecular weight is 442 g/mol. The van der Waals surface area contributed by atoms with Crippen molar-refractivity contribution in [2.75, 3.05) is 31.1 Å². The van der Waals surface area contributed by atoms with Gasteiger partial charge in [0.15, 0.2) is 0 Å². The number of benzene rings is 2. The third kappa shape index (κ3) is 3.43. The van der Waals surface area contributed by atoms with E-state index < -0.39 is 0 Å². The predicted octanol–water partition coefficient (Wildman–Crippen LogP) is 3.54. The van der Waals surface area contributed by atoms with Gasteiger partial charge in [-0.25, -0.2) is 4.39 Å². The van der Waals surface area contributed by atoms with Crippen molar-refractivity contribution in [2.24, 2.45) is 0 Å². The SMILES string of the molecule is C[C@H]1Cn2cc(C(=O)N3CCN(c4ccc(F)cc4)CC3)c(=O)c3c(Cl)ccc(c32)O1. The molecule has 1 amide bonds. The van der Waals surface area contributed by atoms with E-state index in [4.69, 9.17) is 16.3 Å². The maximum atomic E-state index is 13.3. The minimum atomic E-state index is -0.373. The predicted molar refractivity (Wildman–Crippen MR) is 118 cm³/mol. The third-order valence-corrected chi connectivity index (χ3v) is 6.22. The number of piperazine rings is 1. The van der Waals surface area contributed by atoms with E-state index in [0.717, 1.165) is 5.69 Å². The molecule has 2 aliphatic heterocycles. The van der Waals surface area contributed by atoms with E-state index >= 15 is 0 Å². The van der Waals surface area contributed by atoms with E-state index in [-0.39, 0.29) is 28.8 Å². The number of ether oxygens (including phenoxy) is 1. The summed E-state index contributed by atoms with van der Waals surface area (Å²) in [5, 5.41) is 0.633. The summed E-state index contributed by atoms with van der Waals surface area (Å²) in [5.41, 5.74) is 1.29. The maximum absolute atomic E-state index is 13.3. The van der Waals surface area contributed by atoms with Gasteiger partial charge in [0, 0.05) is 38.1 Å². The van der Waals surface area contributed by atoms with Gasteiger partial charge in [-0.2, -0.15) is 0 Å². The lowest BCUT2D eigenvalue weighted by molar-refractivity contribution is 0.0744. The molecule has 31 heavy (non-hydrogen) atoms. The normalized spacial score (nSPS) is 18.2. The second-order valence-corrected chi connectivity index (χ2v) is 8.38. The van der Waals surface area contributed by atoms with Crippen molar-refractivity contribution >= 4 is 34.1 Å². The highest BCUT2D eigenvalue weighted by molar-refractivity contribution is 6.35.